The molecule has 7 heteroatoms. The summed E-state index contributed by atoms with van der Waals surface area (Å²) in [5.74, 6) is -0.990. The van der Waals surface area contributed by atoms with Crippen LogP contribution in [-0.4, -0.2) is 17.6 Å². The van der Waals surface area contributed by atoms with Crippen LogP contribution < -0.4 is 10.6 Å². The highest BCUT2D eigenvalue weighted by Gasteiger charge is 2.17. The largest absolute Gasteiger partial charge is 0.325 e. The molecule has 0 radical (unpaired) electrons. The van der Waals surface area contributed by atoms with Gasteiger partial charge in [-0.2, -0.15) is 0 Å². The first-order valence-electron chi connectivity index (χ1n) is 9.21. The zero-order chi connectivity index (χ0) is 21.5. The number of nitrogens with one attached hydrogen (secondary N) is 2. The molecule has 1 unspecified atom stereocenters. The summed E-state index contributed by atoms with van der Waals surface area (Å²) in [5, 5.41) is 5.76. The second-order valence-corrected chi connectivity index (χ2v) is 8.11. The Kier molecular flexibility index (Phi) is 7.49. The quantitative estimate of drug-likeness (QED) is 0.479. The molecule has 3 aromatic rings. The van der Waals surface area contributed by atoms with E-state index < -0.39 is 5.82 Å². The number of hydrogen-bond acceptors (Lipinski definition) is 3. The third kappa shape index (κ3) is 6.08. The van der Waals surface area contributed by atoms with Crippen molar-refractivity contribution < 1.29 is 14.0 Å². The predicted octanol–water partition coefficient (Wildman–Crippen LogP) is 5.90. The molecule has 0 heterocycles. The number of rotatable bonds is 7. The zero-order valence-electron chi connectivity index (χ0n) is 16.2. The van der Waals surface area contributed by atoms with E-state index in [1.54, 1.807) is 0 Å². The van der Waals surface area contributed by atoms with E-state index in [1.807, 2.05) is 54.6 Å². The van der Waals surface area contributed by atoms with Gasteiger partial charge in [-0.15, -0.1) is 11.8 Å². The molecule has 0 saturated carbocycles. The Balaban J connectivity index is 1.70. The molecule has 30 heavy (non-hydrogen) atoms. The van der Waals surface area contributed by atoms with Crippen LogP contribution in [0.3, 0.4) is 0 Å². The van der Waals surface area contributed by atoms with Crippen molar-refractivity contribution >= 4 is 46.6 Å². The molecule has 2 amide bonds. The third-order valence-electron chi connectivity index (χ3n) is 4.22. The Hall–Kier alpha value is -2.83. The Morgan fingerprint density at radius 1 is 0.967 bits per heavy atom. The van der Waals surface area contributed by atoms with Crippen LogP contribution in [-0.2, 0) is 9.59 Å². The Bertz CT molecular complexity index is 1030. The Labute approximate surface area is 183 Å². The number of amides is 2. The normalized spacial score (nSPS) is 11.6. The maximum Gasteiger partial charge on any atom is 0.234 e. The number of thioether (sulfide) groups is 1. The zero-order valence-corrected chi connectivity index (χ0v) is 17.8. The predicted molar refractivity (Wildman–Crippen MR) is 122 cm³/mol. The van der Waals surface area contributed by atoms with Gasteiger partial charge in [-0.3, -0.25) is 9.59 Å². The lowest BCUT2D eigenvalue weighted by atomic mass is 10.0. The number of halogens is 2. The van der Waals surface area contributed by atoms with Gasteiger partial charge in [0, 0.05) is 17.6 Å². The van der Waals surface area contributed by atoms with Crippen LogP contribution in [0.1, 0.15) is 23.3 Å². The van der Waals surface area contributed by atoms with Crippen molar-refractivity contribution in [2.45, 2.75) is 12.2 Å². The molecule has 0 aliphatic heterocycles. The lowest BCUT2D eigenvalue weighted by Gasteiger charge is -2.18. The lowest BCUT2D eigenvalue weighted by molar-refractivity contribution is -0.114. The second kappa shape index (κ2) is 10.3. The van der Waals surface area contributed by atoms with Crippen molar-refractivity contribution in [2.75, 3.05) is 16.4 Å². The number of anilines is 2. The first-order valence-corrected chi connectivity index (χ1v) is 10.6. The molecular formula is C23H20ClFN2O2S. The van der Waals surface area contributed by atoms with E-state index in [0.717, 1.165) is 11.1 Å². The molecule has 0 aliphatic carbocycles. The van der Waals surface area contributed by atoms with Gasteiger partial charge in [0.1, 0.15) is 5.82 Å². The van der Waals surface area contributed by atoms with Gasteiger partial charge in [-0.25, -0.2) is 4.39 Å². The molecule has 0 aromatic heterocycles. The van der Waals surface area contributed by atoms with Gasteiger partial charge < -0.3 is 10.6 Å². The van der Waals surface area contributed by atoms with Gasteiger partial charge in [0.15, 0.2) is 0 Å². The molecule has 2 N–H and O–H groups in total. The highest BCUT2D eigenvalue weighted by Crippen LogP contribution is 2.36. The van der Waals surface area contributed by atoms with Crippen molar-refractivity contribution in [3.63, 3.8) is 0 Å². The molecule has 0 aliphatic rings. The van der Waals surface area contributed by atoms with E-state index in [0.29, 0.717) is 10.7 Å². The first-order chi connectivity index (χ1) is 14.4. The van der Waals surface area contributed by atoms with E-state index in [2.05, 4.69) is 10.6 Å². The summed E-state index contributed by atoms with van der Waals surface area (Å²) in [7, 11) is 0. The molecule has 0 spiro atoms. The summed E-state index contributed by atoms with van der Waals surface area (Å²) in [6, 6.07) is 21.5. The maximum atomic E-state index is 13.8. The van der Waals surface area contributed by atoms with E-state index in [-0.39, 0.29) is 28.5 Å². The van der Waals surface area contributed by atoms with Crippen molar-refractivity contribution in [1.82, 2.24) is 0 Å². The molecule has 1 atom stereocenters. The summed E-state index contributed by atoms with van der Waals surface area (Å²) in [6.45, 7) is 1.29. The smallest absolute Gasteiger partial charge is 0.234 e. The van der Waals surface area contributed by atoms with Crippen molar-refractivity contribution in [3.8, 4) is 0 Å². The summed E-state index contributed by atoms with van der Waals surface area (Å²) in [5.41, 5.74) is 2.55. The fourth-order valence-corrected chi connectivity index (χ4v) is 4.11. The van der Waals surface area contributed by atoms with E-state index in [1.165, 1.54) is 36.9 Å². The van der Waals surface area contributed by atoms with Crippen LogP contribution in [0.2, 0.25) is 5.02 Å². The highest BCUT2D eigenvalue weighted by atomic mass is 35.5. The van der Waals surface area contributed by atoms with Gasteiger partial charge >= 0.3 is 0 Å². The van der Waals surface area contributed by atoms with Gasteiger partial charge in [0.2, 0.25) is 11.8 Å². The number of carbonyl (C=O) groups is 2. The molecule has 0 saturated heterocycles. The van der Waals surface area contributed by atoms with Crippen LogP contribution in [0.25, 0.3) is 0 Å². The Morgan fingerprint density at radius 2 is 1.63 bits per heavy atom. The molecule has 3 aromatic carbocycles. The molecule has 154 valence electrons. The van der Waals surface area contributed by atoms with Crippen LogP contribution in [0.4, 0.5) is 15.8 Å². The van der Waals surface area contributed by atoms with Crippen LogP contribution >= 0.6 is 23.4 Å². The van der Waals surface area contributed by atoms with Gasteiger partial charge in [0.25, 0.3) is 0 Å². The van der Waals surface area contributed by atoms with Crippen molar-refractivity contribution in [3.05, 3.63) is 94.8 Å². The maximum absolute atomic E-state index is 13.8. The number of benzene rings is 3. The van der Waals surface area contributed by atoms with E-state index in [9.17, 15) is 14.0 Å². The minimum absolute atomic E-state index is 0.0243. The summed E-state index contributed by atoms with van der Waals surface area (Å²) >= 11 is 7.49. The van der Waals surface area contributed by atoms with Crippen LogP contribution in [0, 0.1) is 5.82 Å². The summed E-state index contributed by atoms with van der Waals surface area (Å²) < 4.78 is 13.8. The SMILES string of the molecule is CC(=O)Nc1cc(NC(=O)CSC(c2ccccc2)c2ccc(Cl)cc2)ccc1F. The highest BCUT2D eigenvalue weighted by molar-refractivity contribution is 8.00. The monoisotopic (exact) mass is 442 g/mol. The molecule has 0 fully saturated rings. The minimum Gasteiger partial charge on any atom is -0.325 e. The molecule has 3 rings (SSSR count). The second-order valence-electron chi connectivity index (χ2n) is 6.58. The van der Waals surface area contributed by atoms with Gasteiger partial charge in [0.05, 0.1) is 16.7 Å². The minimum atomic E-state index is -0.565. The fourth-order valence-electron chi connectivity index (χ4n) is 2.89. The van der Waals surface area contributed by atoms with Crippen molar-refractivity contribution in [1.29, 1.82) is 0 Å². The topological polar surface area (TPSA) is 58.2 Å². The van der Waals surface area contributed by atoms with Crippen LogP contribution in [0.5, 0.6) is 0 Å². The Morgan fingerprint density at radius 3 is 2.30 bits per heavy atom. The van der Waals surface area contributed by atoms with E-state index in [4.69, 9.17) is 11.6 Å². The summed E-state index contributed by atoms with van der Waals surface area (Å²) in [4.78, 5) is 23.7. The fraction of sp³-hybridized carbons (Fsp3) is 0.130. The lowest BCUT2D eigenvalue weighted by Crippen LogP contribution is -2.16. The van der Waals surface area contributed by atoms with Crippen LogP contribution in [0.15, 0.2) is 72.8 Å². The standard InChI is InChI=1S/C23H20ClFN2O2S/c1-15(28)26-21-13-19(11-12-20(21)25)27-22(29)14-30-23(16-5-3-2-4-6-16)17-7-9-18(24)10-8-17/h2-13,23H,14H2,1H3,(H,26,28)(H,27,29). The van der Waals surface area contributed by atoms with Gasteiger partial charge in [-0.1, -0.05) is 54.1 Å². The van der Waals surface area contributed by atoms with Crippen molar-refractivity contribution in [2.24, 2.45) is 0 Å². The number of carbonyl (C=O) groups excluding carboxylic acids is 2. The average molecular weight is 443 g/mol. The molecular weight excluding hydrogens is 423 g/mol. The number of hydrogen-bond donors (Lipinski definition) is 2. The average Bonchev–Trinajstić information content (AvgIpc) is 2.72. The molecule has 4 nitrogen and oxygen atoms in total. The first kappa shape index (κ1) is 21.9. The van der Waals surface area contributed by atoms with E-state index >= 15 is 0 Å². The summed E-state index contributed by atoms with van der Waals surface area (Å²) in [6.07, 6.45) is 0. The third-order valence-corrected chi connectivity index (χ3v) is 5.78. The van der Waals surface area contributed by atoms with Gasteiger partial charge in [-0.05, 0) is 41.5 Å². The molecule has 0 bridgehead atoms.